The molecular formula is C26H27ClN4O2. The normalized spacial score (nSPS) is 16.2. The maximum Gasteiger partial charge on any atom is 0.253 e. The second-order valence-electron chi connectivity index (χ2n) is 8.28. The molecule has 2 amide bonds. The number of pyridine rings is 1. The number of benzene rings is 2. The number of para-hydroxylation sites is 1. The predicted molar refractivity (Wildman–Crippen MR) is 130 cm³/mol. The molecule has 1 saturated heterocycles. The number of nitrogens with zero attached hydrogens (tertiary/aromatic N) is 2. The van der Waals surface area contributed by atoms with Crippen molar-refractivity contribution in [3.63, 3.8) is 0 Å². The highest BCUT2D eigenvalue weighted by Gasteiger charge is 2.26. The zero-order valence-corrected chi connectivity index (χ0v) is 19.1. The molecule has 0 aliphatic carbocycles. The Morgan fingerprint density at radius 2 is 1.91 bits per heavy atom. The van der Waals surface area contributed by atoms with Crippen molar-refractivity contribution in [3.05, 3.63) is 94.8 Å². The van der Waals surface area contributed by atoms with Crippen LogP contribution in [0.2, 0.25) is 5.02 Å². The molecule has 1 aromatic heterocycles. The number of carbonyl (C=O) groups is 2. The van der Waals surface area contributed by atoms with Crippen LogP contribution in [-0.4, -0.2) is 34.8 Å². The molecule has 4 rings (SSSR count). The fraction of sp³-hybridized carbons (Fsp3) is 0.269. The van der Waals surface area contributed by atoms with E-state index in [0.717, 1.165) is 42.1 Å². The number of hydrogen-bond donors (Lipinski definition) is 2. The van der Waals surface area contributed by atoms with E-state index in [1.165, 1.54) is 0 Å². The predicted octanol–water partition coefficient (Wildman–Crippen LogP) is 4.52. The Morgan fingerprint density at radius 3 is 2.73 bits per heavy atom. The maximum absolute atomic E-state index is 13.1. The summed E-state index contributed by atoms with van der Waals surface area (Å²) in [6, 6.07) is 18.7. The number of amides is 2. The third-order valence-corrected chi connectivity index (χ3v) is 6.01. The summed E-state index contributed by atoms with van der Waals surface area (Å²) in [7, 11) is 0. The second-order valence-corrected chi connectivity index (χ2v) is 8.72. The highest BCUT2D eigenvalue weighted by atomic mass is 35.5. The van der Waals surface area contributed by atoms with Gasteiger partial charge in [0.2, 0.25) is 5.91 Å². The average molecular weight is 463 g/mol. The molecule has 33 heavy (non-hydrogen) atoms. The molecule has 2 N–H and O–H groups in total. The second kappa shape index (κ2) is 11.1. The molecule has 170 valence electrons. The minimum absolute atomic E-state index is 0.0571. The molecule has 0 spiro atoms. The van der Waals surface area contributed by atoms with Crippen LogP contribution in [0.4, 0.5) is 5.69 Å². The van der Waals surface area contributed by atoms with Crippen LogP contribution in [0, 0.1) is 5.92 Å². The number of anilines is 1. The molecule has 1 fully saturated rings. The number of halogens is 1. The van der Waals surface area contributed by atoms with Crippen LogP contribution in [0.1, 0.15) is 34.3 Å². The summed E-state index contributed by atoms with van der Waals surface area (Å²) in [5, 5.41) is 6.61. The van der Waals surface area contributed by atoms with Crippen molar-refractivity contribution in [2.24, 2.45) is 5.92 Å². The number of nitrogens with one attached hydrogen (secondary N) is 2. The van der Waals surface area contributed by atoms with Crippen molar-refractivity contribution in [3.8, 4) is 0 Å². The van der Waals surface area contributed by atoms with E-state index in [9.17, 15) is 9.59 Å². The van der Waals surface area contributed by atoms with Gasteiger partial charge < -0.3 is 10.6 Å². The Bertz CT molecular complexity index is 1110. The van der Waals surface area contributed by atoms with E-state index in [2.05, 4.69) is 26.6 Å². The van der Waals surface area contributed by atoms with Crippen LogP contribution in [0.15, 0.2) is 73.1 Å². The van der Waals surface area contributed by atoms with E-state index < -0.39 is 0 Å². The van der Waals surface area contributed by atoms with Crippen molar-refractivity contribution >= 4 is 29.1 Å². The number of piperidine rings is 1. The molecule has 1 aliphatic rings. The summed E-state index contributed by atoms with van der Waals surface area (Å²) in [5.74, 6) is -0.427. The lowest BCUT2D eigenvalue weighted by Crippen LogP contribution is -2.40. The molecule has 2 heterocycles. The third-order valence-electron chi connectivity index (χ3n) is 5.78. The largest absolute Gasteiger partial charge is 0.348 e. The Kier molecular flexibility index (Phi) is 7.70. The molecule has 2 aromatic carbocycles. The van der Waals surface area contributed by atoms with Gasteiger partial charge in [0.25, 0.3) is 5.91 Å². The Hall–Kier alpha value is -3.22. The van der Waals surface area contributed by atoms with Crippen LogP contribution in [-0.2, 0) is 17.9 Å². The van der Waals surface area contributed by atoms with E-state index in [-0.39, 0.29) is 17.7 Å². The Balaban J connectivity index is 1.37. The minimum Gasteiger partial charge on any atom is -0.348 e. The standard InChI is InChI=1S/C26H27ClN4O2/c27-22-9-3-6-19(14-22)17-31-13-5-8-21(18-31)25(32)30-24-11-2-1-10-23(24)26(33)29-16-20-7-4-12-28-15-20/h1-4,6-7,9-12,14-15,21H,5,8,13,16-18H2,(H,29,33)(H,30,32). The fourth-order valence-electron chi connectivity index (χ4n) is 4.11. The average Bonchev–Trinajstić information content (AvgIpc) is 2.84. The molecule has 1 unspecified atom stereocenters. The molecule has 1 atom stereocenters. The summed E-state index contributed by atoms with van der Waals surface area (Å²) in [6.07, 6.45) is 5.18. The van der Waals surface area contributed by atoms with E-state index in [1.807, 2.05) is 36.4 Å². The van der Waals surface area contributed by atoms with Crippen molar-refractivity contribution in [1.29, 1.82) is 0 Å². The Labute approximate surface area is 199 Å². The molecule has 7 heteroatoms. The molecular weight excluding hydrogens is 436 g/mol. The molecule has 6 nitrogen and oxygen atoms in total. The van der Waals surface area contributed by atoms with Gasteiger partial charge in [-0.3, -0.25) is 19.5 Å². The van der Waals surface area contributed by atoms with Crippen molar-refractivity contribution in [2.75, 3.05) is 18.4 Å². The zero-order chi connectivity index (χ0) is 23.0. The summed E-state index contributed by atoms with van der Waals surface area (Å²) >= 11 is 6.11. The molecule has 0 radical (unpaired) electrons. The van der Waals surface area contributed by atoms with Crippen LogP contribution in [0.5, 0.6) is 0 Å². The first kappa shape index (κ1) is 23.0. The lowest BCUT2D eigenvalue weighted by molar-refractivity contribution is -0.121. The topological polar surface area (TPSA) is 74.3 Å². The smallest absolute Gasteiger partial charge is 0.253 e. The van der Waals surface area contributed by atoms with Gasteiger partial charge >= 0.3 is 0 Å². The van der Waals surface area contributed by atoms with Crippen molar-refractivity contribution in [1.82, 2.24) is 15.2 Å². The first-order chi connectivity index (χ1) is 16.1. The monoisotopic (exact) mass is 462 g/mol. The van der Waals surface area contributed by atoms with Crippen molar-refractivity contribution < 1.29 is 9.59 Å². The minimum atomic E-state index is -0.235. The fourth-order valence-corrected chi connectivity index (χ4v) is 4.32. The highest BCUT2D eigenvalue weighted by Crippen LogP contribution is 2.23. The summed E-state index contributed by atoms with van der Waals surface area (Å²) < 4.78 is 0. The van der Waals surface area contributed by atoms with Gasteiger partial charge in [-0.25, -0.2) is 0 Å². The first-order valence-corrected chi connectivity index (χ1v) is 11.5. The maximum atomic E-state index is 13.1. The van der Waals surface area contributed by atoms with Crippen LogP contribution in [0.25, 0.3) is 0 Å². The van der Waals surface area contributed by atoms with E-state index in [1.54, 1.807) is 30.6 Å². The van der Waals surface area contributed by atoms with Gasteiger partial charge in [0.05, 0.1) is 17.2 Å². The van der Waals surface area contributed by atoms with E-state index in [0.29, 0.717) is 24.3 Å². The SMILES string of the molecule is O=C(NCc1cccnc1)c1ccccc1NC(=O)C1CCCN(Cc2cccc(Cl)c2)C1. The zero-order valence-electron chi connectivity index (χ0n) is 18.3. The first-order valence-electron chi connectivity index (χ1n) is 11.1. The third kappa shape index (κ3) is 6.40. The molecule has 3 aromatic rings. The van der Waals surface area contributed by atoms with Gasteiger partial charge in [0.1, 0.15) is 0 Å². The Morgan fingerprint density at radius 1 is 1.06 bits per heavy atom. The van der Waals surface area contributed by atoms with Gasteiger partial charge in [0, 0.05) is 37.1 Å². The lowest BCUT2D eigenvalue weighted by Gasteiger charge is -2.32. The van der Waals surface area contributed by atoms with E-state index >= 15 is 0 Å². The highest BCUT2D eigenvalue weighted by molar-refractivity contribution is 6.30. The number of likely N-dealkylation sites (tertiary alicyclic amines) is 1. The number of aromatic nitrogens is 1. The van der Waals surface area contributed by atoms with Crippen LogP contribution >= 0.6 is 11.6 Å². The van der Waals surface area contributed by atoms with Gasteiger partial charge in [-0.1, -0.05) is 41.9 Å². The van der Waals surface area contributed by atoms with E-state index in [4.69, 9.17) is 11.6 Å². The number of carbonyl (C=O) groups excluding carboxylic acids is 2. The molecule has 1 aliphatic heterocycles. The summed E-state index contributed by atoms with van der Waals surface area (Å²) in [4.78, 5) is 32.2. The molecule has 0 bridgehead atoms. The molecule has 0 saturated carbocycles. The van der Waals surface area contributed by atoms with Gasteiger partial charge in [-0.2, -0.15) is 0 Å². The number of hydrogen-bond acceptors (Lipinski definition) is 4. The summed E-state index contributed by atoms with van der Waals surface area (Å²) in [5.41, 5.74) is 3.02. The number of rotatable bonds is 7. The quantitative estimate of drug-likeness (QED) is 0.541. The summed E-state index contributed by atoms with van der Waals surface area (Å²) in [6.45, 7) is 2.76. The van der Waals surface area contributed by atoms with Gasteiger partial charge in [-0.15, -0.1) is 0 Å². The lowest BCUT2D eigenvalue weighted by atomic mass is 9.96. The van der Waals surface area contributed by atoms with Crippen LogP contribution in [0.3, 0.4) is 0 Å². The van der Waals surface area contributed by atoms with Crippen molar-refractivity contribution in [2.45, 2.75) is 25.9 Å². The van der Waals surface area contributed by atoms with Crippen LogP contribution < -0.4 is 10.6 Å². The van der Waals surface area contributed by atoms with Gasteiger partial charge in [-0.05, 0) is 60.8 Å². The van der Waals surface area contributed by atoms with Gasteiger partial charge in [0.15, 0.2) is 0 Å².